The highest BCUT2D eigenvalue weighted by Gasteiger charge is 2.04. The van der Waals surface area contributed by atoms with Crippen LogP contribution < -0.4 is 10.2 Å². The van der Waals surface area contributed by atoms with E-state index in [1.165, 1.54) is 0 Å². The summed E-state index contributed by atoms with van der Waals surface area (Å²) >= 11 is 12.3. The molecule has 3 rings (SSSR count). The minimum Gasteiger partial charge on any atom is -0.488 e. The lowest BCUT2D eigenvalue weighted by Gasteiger charge is -2.10. The number of benzene rings is 3. The molecule has 0 heterocycles. The van der Waals surface area contributed by atoms with Crippen LogP contribution in [0.3, 0.4) is 0 Å². The molecule has 0 aliphatic heterocycles. The molecule has 26 heavy (non-hydrogen) atoms. The Hall–Kier alpha value is -2.49. The number of hydrazone groups is 1. The van der Waals surface area contributed by atoms with E-state index in [0.717, 1.165) is 28.1 Å². The number of nitrogens with zero attached hydrogens (tertiary/aromatic N) is 1. The molecule has 0 aromatic heterocycles. The summed E-state index contributed by atoms with van der Waals surface area (Å²) in [5.74, 6) is 0.736. The molecule has 0 bridgehead atoms. The zero-order valence-corrected chi connectivity index (χ0v) is 15.8. The minimum atomic E-state index is 0.394. The summed E-state index contributed by atoms with van der Waals surface area (Å²) in [5, 5.41) is 5.67. The zero-order chi connectivity index (χ0) is 18.4. The van der Waals surface area contributed by atoms with Crippen LogP contribution in [0.4, 0.5) is 5.69 Å². The van der Waals surface area contributed by atoms with Crippen molar-refractivity contribution in [3.8, 4) is 5.75 Å². The van der Waals surface area contributed by atoms with Crippen LogP contribution >= 0.6 is 23.2 Å². The highest BCUT2D eigenvalue weighted by molar-refractivity contribution is 6.31. The lowest BCUT2D eigenvalue weighted by Crippen LogP contribution is -1.99. The molecule has 3 aromatic carbocycles. The van der Waals surface area contributed by atoms with E-state index in [-0.39, 0.29) is 0 Å². The maximum absolute atomic E-state index is 6.18. The van der Waals surface area contributed by atoms with Crippen molar-refractivity contribution in [2.24, 2.45) is 5.10 Å². The summed E-state index contributed by atoms with van der Waals surface area (Å²) in [7, 11) is 0. The van der Waals surface area contributed by atoms with E-state index in [0.29, 0.717) is 16.7 Å². The van der Waals surface area contributed by atoms with Crippen LogP contribution in [0.15, 0.2) is 71.8 Å². The van der Waals surface area contributed by atoms with Crippen LogP contribution in [-0.2, 0) is 6.61 Å². The summed E-state index contributed by atoms with van der Waals surface area (Å²) in [6.45, 7) is 2.35. The van der Waals surface area contributed by atoms with Gasteiger partial charge in [0.05, 0.1) is 11.9 Å². The number of halogens is 2. The Balaban J connectivity index is 1.68. The fourth-order valence-corrected chi connectivity index (χ4v) is 2.70. The molecule has 3 nitrogen and oxygen atoms in total. The molecule has 0 amide bonds. The smallest absolute Gasteiger partial charge is 0.128 e. The Morgan fingerprint density at radius 1 is 0.962 bits per heavy atom. The fraction of sp³-hybridized carbons (Fsp3) is 0.0952. The van der Waals surface area contributed by atoms with Gasteiger partial charge < -0.3 is 4.74 Å². The third-order valence-electron chi connectivity index (χ3n) is 3.83. The number of anilines is 1. The number of para-hydroxylation sites is 1. The monoisotopic (exact) mass is 384 g/mol. The highest BCUT2D eigenvalue weighted by Crippen LogP contribution is 2.22. The molecule has 0 saturated carbocycles. The van der Waals surface area contributed by atoms with E-state index in [2.05, 4.69) is 10.5 Å². The largest absolute Gasteiger partial charge is 0.488 e. The third kappa shape index (κ3) is 4.78. The molecule has 0 aliphatic carbocycles. The van der Waals surface area contributed by atoms with Crippen LogP contribution in [-0.4, -0.2) is 6.21 Å². The zero-order valence-electron chi connectivity index (χ0n) is 14.2. The molecule has 0 unspecified atom stereocenters. The molecule has 0 saturated heterocycles. The van der Waals surface area contributed by atoms with Crippen molar-refractivity contribution < 1.29 is 4.74 Å². The normalized spacial score (nSPS) is 10.9. The predicted octanol–water partition coefficient (Wildman–Crippen LogP) is 6.33. The first-order valence-corrected chi connectivity index (χ1v) is 8.89. The van der Waals surface area contributed by atoms with Gasteiger partial charge in [0.25, 0.3) is 0 Å². The summed E-state index contributed by atoms with van der Waals surface area (Å²) in [4.78, 5) is 0. The quantitative estimate of drug-likeness (QED) is 0.398. The Bertz CT molecular complexity index is 925. The lowest BCUT2D eigenvalue weighted by molar-refractivity contribution is 0.306. The van der Waals surface area contributed by atoms with E-state index in [1.807, 2.05) is 73.7 Å². The SMILES string of the molecule is Cc1ccc(NN=Cc2ccccc2OCc2ccccc2Cl)cc1Cl. The number of hydrogen-bond donors (Lipinski definition) is 1. The van der Waals surface area contributed by atoms with Gasteiger partial charge in [-0.2, -0.15) is 5.10 Å². The molecule has 5 heteroatoms. The summed E-state index contributed by atoms with van der Waals surface area (Å²) < 4.78 is 5.92. The Kier molecular flexibility index (Phi) is 6.16. The second-order valence-electron chi connectivity index (χ2n) is 5.75. The van der Waals surface area contributed by atoms with Crippen LogP contribution in [0.2, 0.25) is 10.0 Å². The van der Waals surface area contributed by atoms with E-state index >= 15 is 0 Å². The van der Waals surface area contributed by atoms with Gasteiger partial charge in [-0.25, -0.2) is 0 Å². The van der Waals surface area contributed by atoms with Crippen molar-refractivity contribution in [1.29, 1.82) is 0 Å². The molecule has 0 aliphatic rings. The van der Waals surface area contributed by atoms with Crippen molar-refractivity contribution in [2.45, 2.75) is 13.5 Å². The second kappa shape index (κ2) is 8.75. The molecule has 0 fully saturated rings. The van der Waals surface area contributed by atoms with Crippen molar-refractivity contribution >= 4 is 35.1 Å². The highest BCUT2D eigenvalue weighted by atomic mass is 35.5. The molecule has 132 valence electrons. The van der Waals surface area contributed by atoms with Crippen molar-refractivity contribution in [2.75, 3.05) is 5.43 Å². The van der Waals surface area contributed by atoms with Crippen molar-refractivity contribution in [3.63, 3.8) is 0 Å². The molecule has 1 N–H and O–H groups in total. The van der Waals surface area contributed by atoms with E-state index < -0.39 is 0 Å². The van der Waals surface area contributed by atoms with Gasteiger partial charge in [0, 0.05) is 21.2 Å². The molecular formula is C21H18Cl2N2O. The second-order valence-corrected chi connectivity index (χ2v) is 6.57. The van der Waals surface area contributed by atoms with Gasteiger partial charge >= 0.3 is 0 Å². The maximum atomic E-state index is 6.18. The predicted molar refractivity (Wildman–Crippen MR) is 110 cm³/mol. The van der Waals surface area contributed by atoms with Crippen LogP contribution in [0.25, 0.3) is 0 Å². The Labute approximate surface area is 163 Å². The Morgan fingerprint density at radius 2 is 1.73 bits per heavy atom. The average Bonchev–Trinajstić information content (AvgIpc) is 2.65. The maximum Gasteiger partial charge on any atom is 0.128 e. The van der Waals surface area contributed by atoms with Gasteiger partial charge in [-0.1, -0.05) is 59.6 Å². The topological polar surface area (TPSA) is 33.6 Å². The van der Waals surface area contributed by atoms with Crippen molar-refractivity contribution in [3.05, 3.63) is 93.5 Å². The van der Waals surface area contributed by atoms with Gasteiger partial charge in [0.2, 0.25) is 0 Å². The van der Waals surface area contributed by atoms with E-state index in [4.69, 9.17) is 27.9 Å². The number of nitrogens with one attached hydrogen (secondary N) is 1. The van der Waals surface area contributed by atoms with E-state index in [1.54, 1.807) is 6.21 Å². The first kappa shape index (κ1) is 18.3. The summed E-state index contributed by atoms with van der Waals surface area (Å²) in [6, 6.07) is 21.1. The third-order valence-corrected chi connectivity index (χ3v) is 4.61. The van der Waals surface area contributed by atoms with Gasteiger partial charge in [-0.05, 0) is 42.8 Å². The van der Waals surface area contributed by atoms with E-state index in [9.17, 15) is 0 Å². The molecular weight excluding hydrogens is 367 g/mol. The summed E-state index contributed by atoms with van der Waals surface area (Å²) in [6.07, 6.45) is 1.72. The first-order valence-electron chi connectivity index (χ1n) is 8.14. The standard InChI is InChI=1S/C21H18Cl2N2O/c1-15-10-11-18(12-20(15)23)25-24-13-16-6-3-5-9-21(16)26-14-17-7-2-4-8-19(17)22/h2-13,25H,14H2,1H3. The molecule has 0 atom stereocenters. The van der Waals surface area contributed by atoms with Crippen LogP contribution in [0.5, 0.6) is 5.75 Å². The fourth-order valence-electron chi connectivity index (χ4n) is 2.33. The average molecular weight is 385 g/mol. The molecule has 0 radical (unpaired) electrons. The minimum absolute atomic E-state index is 0.394. The number of rotatable bonds is 6. The van der Waals surface area contributed by atoms with Gasteiger partial charge in [-0.15, -0.1) is 0 Å². The van der Waals surface area contributed by atoms with Crippen LogP contribution in [0.1, 0.15) is 16.7 Å². The number of hydrogen-bond acceptors (Lipinski definition) is 3. The van der Waals surface area contributed by atoms with Gasteiger partial charge in [-0.3, -0.25) is 5.43 Å². The Morgan fingerprint density at radius 3 is 2.54 bits per heavy atom. The first-order chi connectivity index (χ1) is 12.6. The lowest BCUT2D eigenvalue weighted by atomic mass is 10.2. The number of aryl methyl sites for hydroxylation is 1. The van der Waals surface area contributed by atoms with Crippen molar-refractivity contribution in [1.82, 2.24) is 0 Å². The van der Waals surface area contributed by atoms with Gasteiger partial charge in [0.15, 0.2) is 0 Å². The summed E-state index contributed by atoms with van der Waals surface area (Å²) in [5.41, 5.74) is 6.64. The van der Waals surface area contributed by atoms with Gasteiger partial charge in [0.1, 0.15) is 12.4 Å². The molecule has 3 aromatic rings. The molecule has 0 spiro atoms. The van der Waals surface area contributed by atoms with Crippen LogP contribution in [0, 0.1) is 6.92 Å². The number of ether oxygens (including phenoxy) is 1.